The minimum Gasteiger partial charge on any atom is -0.497 e. The van der Waals surface area contributed by atoms with Gasteiger partial charge in [0.25, 0.3) is 5.91 Å². The van der Waals surface area contributed by atoms with Crippen molar-refractivity contribution in [2.75, 3.05) is 13.7 Å². The molecule has 2 aliphatic rings. The molecule has 4 aromatic rings. The standard InChI is InChI=1S/C33H37N9O5/c1-19(2)29-32(45)35-26(12-20-8-5-4-6-9-20)30(43)34-16-22-17-42(40-37-22)23-14-28(31(44)36-29)41(18-23)33(46)27-15-25(38-39-27)21-10-7-11-24(13-21)47-3/h4-11,13,15,17,19,23,26,28-29H,12,14,16,18H2,1-3H3,(H,34,43)(H,35,45)(H,36,44)(H,38,39)/t23-,26+,28-,29-/m0/s1. The fraction of sp³-hybridized carbons (Fsp3) is 0.364. The third-order valence-electron chi connectivity index (χ3n) is 8.55. The molecule has 4 atom stereocenters. The largest absolute Gasteiger partial charge is 0.497 e. The number of hydrogen-bond acceptors (Lipinski definition) is 8. The Balaban J connectivity index is 1.29. The molecule has 14 heteroatoms. The molecule has 4 bridgehead atoms. The number of aromatic nitrogens is 5. The fourth-order valence-corrected chi connectivity index (χ4v) is 5.97. The van der Waals surface area contributed by atoms with Crippen molar-refractivity contribution in [3.8, 4) is 17.0 Å². The predicted octanol–water partition coefficient (Wildman–Crippen LogP) is 1.63. The number of aromatic amines is 1. The second-order valence-corrected chi connectivity index (χ2v) is 12.2. The number of nitrogens with zero attached hydrogens (tertiary/aromatic N) is 5. The van der Waals surface area contributed by atoms with Crippen molar-refractivity contribution in [2.45, 2.75) is 57.4 Å². The van der Waals surface area contributed by atoms with Crippen molar-refractivity contribution in [1.82, 2.24) is 46.0 Å². The highest BCUT2D eigenvalue weighted by Gasteiger charge is 2.43. The molecule has 0 unspecified atom stereocenters. The Morgan fingerprint density at radius 3 is 2.57 bits per heavy atom. The average Bonchev–Trinajstić information content (AvgIpc) is 3.85. The fourth-order valence-electron chi connectivity index (χ4n) is 5.97. The predicted molar refractivity (Wildman–Crippen MR) is 170 cm³/mol. The molecule has 4 N–H and O–H groups in total. The molecule has 0 spiro atoms. The van der Waals surface area contributed by atoms with Crippen LogP contribution in [0.5, 0.6) is 5.75 Å². The van der Waals surface area contributed by atoms with E-state index < -0.39 is 35.8 Å². The maximum absolute atomic E-state index is 14.0. The molecule has 1 fully saturated rings. The van der Waals surface area contributed by atoms with Crippen LogP contribution in [0.1, 0.15) is 48.1 Å². The molecule has 2 aromatic carbocycles. The number of ether oxygens (including phenoxy) is 1. The lowest BCUT2D eigenvalue weighted by Gasteiger charge is -2.28. The van der Waals surface area contributed by atoms with Gasteiger partial charge in [0, 0.05) is 24.9 Å². The molecule has 2 aromatic heterocycles. The van der Waals surface area contributed by atoms with E-state index in [0.29, 0.717) is 17.1 Å². The molecule has 4 amide bonds. The van der Waals surface area contributed by atoms with Crippen molar-refractivity contribution in [3.63, 3.8) is 0 Å². The van der Waals surface area contributed by atoms with E-state index in [-0.39, 0.29) is 49.5 Å². The molecule has 14 nitrogen and oxygen atoms in total. The molecule has 6 rings (SSSR count). The number of hydrogen-bond donors (Lipinski definition) is 4. The maximum atomic E-state index is 14.0. The van der Waals surface area contributed by atoms with Crippen molar-refractivity contribution < 1.29 is 23.9 Å². The summed E-state index contributed by atoms with van der Waals surface area (Å²) < 4.78 is 6.94. The normalized spacial score (nSPS) is 21.8. The summed E-state index contributed by atoms with van der Waals surface area (Å²) in [6.07, 6.45) is 2.19. The first kappa shape index (κ1) is 31.5. The van der Waals surface area contributed by atoms with Crippen molar-refractivity contribution in [2.24, 2.45) is 5.92 Å². The lowest BCUT2D eigenvalue weighted by molar-refractivity contribution is -0.134. The molecule has 0 aliphatic carbocycles. The van der Waals surface area contributed by atoms with Gasteiger partial charge >= 0.3 is 0 Å². The van der Waals surface area contributed by atoms with Crippen molar-refractivity contribution in [1.29, 1.82) is 0 Å². The molecule has 244 valence electrons. The van der Waals surface area contributed by atoms with Crippen LogP contribution in [0.4, 0.5) is 0 Å². The minimum atomic E-state index is -0.959. The molecular formula is C33H37N9O5. The highest BCUT2D eigenvalue weighted by Crippen LogP contribution is 2.30. The number of rotatable bonds is 6. The lowest BCUT2D eigenvalue weighted by atomic mass is 10.00. The Kier molecular flexibility index (Phi) is 9.00. The van der Waals surface area contributed by atoms with Gasteiger partial charge in [-0.25, -0.2) is 4.68 Å². The maximum Gasteiger partial charge on any atom is 0.272 e. The molecule has 0 saturated carbocycles. The second kappa shape index (κ2) is 13.4. The number of carbonyl (C=O) groups is 4. The molecular weight excluding hydrogens is 602 g/mol. The van der Waals surface area contributed by atoms with Gasteiger partial charge in [-0.1, -0.05) is 61.5 Å². The summed E-state index contributed by atoms with van der Waals surface area (Å²) in [5.41, 5.74) is 2.87. The Morgan fingerprint density at radius 2 is 1.81 bits per heavy atom. The Hall–Kier alpha value is -5.53. The lowest BCUT2D eigenvalue weighted by Crippen LogP contribution is -2.58. The topological polar surface area (TPSA) is 176 Å². The zero-order valence-electron chi connectivity index (χ0n) is 26.3. The van der Waals surface area contributed by atoms with Gasteiger partial charge in [-0.05, 0) is 29.7 Å². The number of likely N-dealkylation sites (tertiary alicyclic amines) is 1. The molecule has 0 radical (unpaired) electrons. The number of methoxy groups -OCH3 is 1. The number of nitrogens with one attached hydrogen (secondary N) is 4. The van der Waals surface area contributed by atoms with Gasteiger partial charge in [-0.3, -0.25) is 24.3 Å². The first-order valence-electron chi connectivity index (χ1n) is 15.5. The highest BCUT2D eigenvalue weighted by molar-refractivity contribution is 5.99. The van der Waals surface area contributed by atoms with E-state index in [1.807, 2.05) is 68.4 Å². The van der Waals surface area contributed by atoms with Crippen molar-refractivity contribution >= 4 is 23.6 Å². The first-order valence-corrected chi connectivity index (χ1v) is 15.5. The van der Waals surface area contributed by atoms with Gasteiger partial charge in [-0.15, -0.1) is 5.10 Å². The van der Waals surface area contributed by atoms with Gasteiger partial charge in [0.2, 0.25) is 17.7 Å². The molecule has 4 heterocycles. The Bertz CT molecular complexity index is 1770. The third kappa shape index (κ3) is 6.86. The van der Waals surface area contributed by atoms with E-state index >= 15 is 0 Å². The summed E-state index contributed by atoms with van der Waals surface area (Å²) in [6, 6.07) is 15.2. The zero-order valence-corrected chi connectivity index (χ0v) is 26.3. The summed E-state index contributed by atoms with van der Waals surface area (Å²) in [5, 5.41) is 24.2. The number of fused-ring (bicyclic) bond motifs is 5. The van der Waals surface area contributed by atoms with Crippen LogP contribution in [0.3, 0.4) is 0 Å². The molecule has 1 saturated heterocycles. The summed E-state index contributed by atoms with van der Waals surface area (Å²) in [7, 11) is 1.57. The van der Waals surface area contributed by atoms with Crippen LogP contribution in [0, 0.1) is 5.92 Å². The van der Waals surface area contributed by atoms with Crippen LogP contribution in [0.2, 0.25) is 0 Å². The van der Waals surface area contributed by atoms with Crippen molar-refractivity contribution in [3.05, 3.63) is 83.8 Å². The van der Waals surface area contributed by atoms with E-state index in [1.54, 1.807) is 24.1 Å². The van der Waals surface area contributed by atoms with Gasteiger partial charge in [-0.2, -0.15) is 5.10 Å². The quantitative estimate of drug-likeness (QED) is 0.246. The molecule has 47 heavy (non-hydrogen) atoms. The summed E-state index contributed by atoms with van der Waals surface area (Å²) in [5.74, 6) is -1.44. The molecule has 2 aliphatic heterocycles. The van der Waals surface area contributed by atoms with Crippen LogP contribution in [-0.2, 0) is 27.3 Å². The van der Waals surface area contributed by atoms with Gasteiger partial charge < -0.3 is 25.6 Å². The number of carbonyl (C=O) groups excluding carboxylic acids is 4. The summed E-state index contributed by atoms with van der Waals surface area (Å²) >= 11 is 0. The first-order chi connectivity index (χ1) is 22.7. The highest BCUT2D eigenvalue weighted by atomic mass is 16.5. The zero-order chi connectivity index (χ0) is 33.1. The monoisotopic (exact) mass is 639 g/mol. The second-order valence-electron chi connectivity index (χ2n) is 12.2. The summed E-state index contributed by atoms with van der Waals surface area (Å²) in [4.78, 5) is 56.4. The average molecular weight is 640 g/mol. The van der Waals surface area contributed by atoms with E-state index in [4.69, 9.17) is 4.74 Å². The van der Waals surface area contributed by atoms with Crippen LogP contribution >= 0.6 is 0 Å². The van der Waals surface area contributed by atoms with Crippen LogP contribution in [0.15, 0.2) is 66.9 Å². The minimum absolute atomic E-state index is 0.0881. The number of H-pyrrole nitrogens is 1. The van der Waals surface area contributed by atoms with Crippen LogP contribution in [-0.4, -0.2) is 85.5 Å². The number of benzene rings is 2. The Labute approximate surface area is 271 Å². The van der Waals surface area contributed by atoms with E-state index in [0.717, 1.165) is 11.1 Å². The SMILES string of the molecule is COc1cccc(-c2cc(C(=O)N3C[C@@H]4C[C@H]3C(=O)N[C@@H](C(C)C)C(=O)N[C@H](Cc3ccccc3)C(=O)NCc3cn4nn3)[nH]n2)c1. The van der Waals surface area contributed by atoms with Gasteiger partial charge in [0.05, 0.1) is 31.6 Å². The number of amides is 4. The Morgan fingerprint density at radius 1 is 1.00 bits per heavy atom. The van der Waals surface area contributed by atoms with E-state index in [9.17, 15) is 19.2 Å². The smallest absolute Gasteiger partial charge is 0.272 e. The van der Waals surface area contributed by atoms with Crippen LogP contribution in [0.25, 0.3) is 11.3 Å². The van der Waals surface area contributed by atoms with E-state index in [2.05, 4.69) is 36.5 Å². The summed E-state index contributed by atoms with van der Waals surface area (Å²) in [6.45, 7) is 3.88. The van der Waals surface area contributed by atoms with Gasteiger partial charge in [0.15, 0.2) is 0 Å². The van der Waals surface area contributed by atoms with Gasteiger partial charge in [0.1, 0.15) is 35.3 Å². The van der Waals surface area contributed by atoms with E-state index in [1.165, 1.54) is 4.90 Å². The third-order valence-corrected chi connectivity index (χ3v) is 8.55. The van der Waals surface area contributed by atoms with Crippen LogP contribution < -0.4 is 20.7 Å².